The third-order valence-corrected chi connectivity index (χ3v) is 4.35. The zero-order chi connectivity index (χ0) is 18.4. The van der Waals surface area contributed by atoms with Gasteiger partial charge in [-0.05, 0) is 19.1 Å². The quantitative estimate of drug-likeness (QED) is 0.305. The molecule has 0 spiro atoms. The van der Waals surface area contributed by atoms with Crippen molar-refractivity contribution in [2.45, 2.75) is 13.0 Å². The van der Waals surface area contributed by atoms with Gasteiger partial charge in [-0.2, -0.15) is 5.10 Å². The van der Waals surface area contributed by atoms with Crippen LogP contribution in [0.25, 0.3) is 0 Å². The second kappa shape index (κ2) is 10.5. The topological polar surface area (TPSA) is 63.9 Å². The number of nitrogens with one attached hydrogen (secondary N) is 1. The summed E-state index contributed by atoms with van der Waals surface area (Å²) in [5.41, 5.74) is 2.32. The highest BCUT2D eigenvalue weighted by Gasteiger charge is 2.24. The van der Waals surface area contributed by atoms with E-state index in [1.54, 1.807) is 11.7 Å². The van der Waals surface area contributed by atoms with E-state index < -0.39 is 0 Å². The monoisotopic (exact) mass is 485 g/mol. The van der Waals surface area contributed by atoms with Gasteiger partial charge in [-0.3, -0.25) is 9.67 Å². The van der Waals surface area contributed by atoms with Crippen molar-refractivity contribution in [1.29, 1.82) is 0 Å². The maximum atomic E-state index is 5.89. The van der Waals surface area contributed by atoms with E-state index >= 15 is 0 Å². The molecule has 1 unspecified atom stereocenters. The molecule has 0 aliphatic carbocycles. The average Bonchev–Trinajstić information content (AvgIpc) is 3.10. The Kier molecular flexibility index (Phi) is 8.36. The van der Waals surface area contributed by atoms with Crippen molar-refractivity contribution in [3.05, 3.63) is 47.8 Å². The van der Waals surface area contributed by atoms with Crippen LogP contribution >= 0.6 is 24.0 Å². The van der Waals surface area contributed by atoms with E-state index in [1.807, 2.05) is 43.7 Å². The van der Waals surface area contributed by atoms with Crippen LogP contribution in [0.4, 0.5) is 0 Å². The fraction of sp³-hybridized carbons (Fsp3) is 0.474. The lowest BCUT2D eigenvalue weighted by Crippen LogP contribution is -2.48. The normalized spacial score (nSPS) is 17.4. The second-order valence-electron chi connectivity index (χ2n) is 6.39. The molecule has 1 aliphatic heterocycles. The molecule has 7 nitrogen and oxygen atoms in total. The molecular formula is C19H28IN5O2. The van der Waals surface area contributed by atoms with Crippen molar-refractivity contribution in [3.63, 3.8) is 0 Å². The summed E-state index contributed by atoms with van der Waals surface area (Å²) in [5, 5.41) is 7.61. The number of aryl methyl sites for hydroxylation is 2. The fourth-order valence-electron chi connectivity index (χ4n) is 2.95. The van der Waals surface area contributed by atoms with Crippen molar-refractivity contribution in [2.24, 2.45) is 12.0 Å². The minimum Gasteiger partial charge on any atom is -0.492 e. The van der Waals surface area contributed by atoms with Crippen molar-refractivity contribution < 1.29 is 9.47 Å². The number of aromatic nitrogens is 2. The van der Waals surface area contributed by atoms with Crippen LogP contribution in [0.1, 0.15) is 17.2 Å². The molecule has 1 fully saturated rings. The molecule has 2 heterocycles. The van der Waals surface area contributed by atoms with Crippen LogP contribution in [0.15, 0.2) is 41.7 Å². The Morgan fingerprint density at radius 2 is 2.15 bits per heavy atom. The first-order chi connectivity index (χ1) is 12.7. The molecule has 0 saturated carbocycles. The number of rotatable bonds is 5. The summed E-state index contributed by atoms with van der Waals surface area (Å²) < 4.78 is 13.5. The number of ether oxygens (including phenoxy) is 2. The van der Waals surface area contributed by atoms with Gasteiger partial charge >= 0.3 is 0 Å². The van der Waals surface area contributed by atoms with E-state index in [1.165, 1.54) is 5.56 Å². The third kappa shape index (κ3) is 6.10. The van der Waals surface area contributed by atoms with Crippen LogP contribution in [0.5, 0.6) is 5.75 Å². The Morgan fingerprint density at radius 3 is 2.81 bits per heavy atom. The molecule has 1 aromatic heterocycles. The minimum absolute atomic E-state index is 0. The molecule has 0 radical (unpaired) electrons. The first-order valence-electron chi connectivity index (χ1n) is 8.91. The molecule has 8 heteroatoms. The summed E-state index contributed by atoms with van der Waals surface area (Å²) in [4.78, 5) is 6.62. The molecule has 1 aromatic carbocycles. The Balaban J connectivity index is 0.00000261. The molecule has 1 aliphatic rings. The third-order valence-electron chi connectivity index (χ3n) is 4.35. The van der Waals surface area contributed by atoms with Crippen molar-refractivity contribution >= 4 is 29.9 Å². The highest BCUT2D eigenvalue weighted by Crippen LogP contribution is 2.21. The number of guanidine groups is 1. The fourth-order valence-corrected chi connectivity index (χ4v) is 2.95. The first kappa shape index (κ1) is 21.5. The molecule has 3 rings (SSSR count). The van der Waals surface area contributed by atoms with Gasteiger partial charge in [-0.1, -0.05) is 17.7 Å². The first-order valence-corrected chi connectivity index (χ1v) is 8.91. The average molecular weight is 485 g/mol. The van der Waals surface area contributed by atoms with Crippen LogP contribution in [0, 0.1) is 6.92 Å². The van der Waals surface area contributed by atoms with E-state index in [0.717, 1.165) is 30.4 Å². The molecule has 1 N–H and O–H groups in total. The van der Waals surface area contributed by atoms with Gasteiger partial charge in [0.2, 0.25) is 0 Å². The van der Waals surface area contributed by atoms with Gasteiger partial charge in [0.1, 0.15) is 18.5 Å². The minimum atomic E-state index is 0. The lowest BCUT2D eigenvalue weighted by atomic mass is 10.1. The highest BCUT2D eigenvalue weighted by molar-refractivity contribution is 14.0. The number of morpholine rings is 1. The SMILES string of the molecule is CN=C(NCCOc1ccc(C)cc1)N1CCOC(c2cnn(C)c2)C1.I. The van der Waals surface area contributed by atoms with Gasteiger partial charge in [0.25, 0.3) is 0 Å². The van der Waals surface area contributed by atoms with E-state index in [9.17, 15) is 0 Å². The van der Waals surface area contributed by atoms with E-state index in [2.05, 4.69) is 27.2 Å². The predicted molar refractivity (Wildman–Crippen MR) is 117 cm³/mol. The zero-order valence-electron chi connectivity index (χ0n) is 16.1. The summed E-state index contributed by atoms with van der Waals surface area (Å²) in [7, 11) is 3.72. The molecule has 0 amide bonds. The Bertz CT molecular complexity index is 732. The smallest absolute Gasteiger partial charge is 0.193 e. The molecule has 148 valence electrons. The number of aliphatic imine (C=N–C) groups is 1. The van der Waals surface area contributed by atoms with Gasteiger partial charge in [0.15, 0.2) is 5.96 Å². The molecule has 0 bridgehead atoms. The lowest BCUT2D eigenvalue weighted by Gasteiger charge is -2.34. The van der Waals surface area contributed by atoms with Crippen LogP contribution in [0.2, 0.25) is 0 Å². The van der Waals surface area contributed by atoms with Crippen molar-refractivity contribution in [1.82, 2.24) is 20.0 Å². The largest absolute Gasteiger partial charge is 0.492 e. The maximum absolute atomic E-state index is 5.89. The second-order valence-corrected chi connectivity index (χ2v) is 6.39. The molecule has 1 atom stereocenters. The summed E-state index contributed by atoms with van der Waals surface area (Å²) in [6.07, 6.45) is 3.87. The number of benzene rings is 1. The zero-order valence-corrected chi connectivity index (χ0v) is 18.4. The van der Waals surface area contributed by atoms with Gasteiger partial charge < -0.3 is 19.7 Å². The molecule has 1 saturated heterocycles. The Labute approximate surface area is 177 Å². The van der Waals surface area contributed by atoms with Crippen LogP contribution in [-0.2, 0) is 11.8 Å². The van der Waals surface area contributed by atoms with E-state index in [0.29, 0.717) is 19.8 Å². The van der Waals surface area contributed by atoms with Crippen LogP contribution in [-0.4, -0.2) is 60.5 Å². The standard InChI is InChI=1S/C19H27N5O2.HI/c1-15-4-6-17(7-5-15)25-10-8-21-19(20-2)24-9-11-26-18(14-24)16-12-22-23(3)13-16;/h4-7,12-13,18H,8-11,14H2,1-3H3,(H,20,21);1H. The van der Waals surface area contributed by atoms with Gasteiger partial charge in [-0.25, -0.2) is 0 Å². The highest BCUT2D eigenvalue weighted by atomic mass is 127. The summed E-state index contributed by atoms with van der Waals surface area (Å²) in [6.45, 7) is 5.57. The lowest BCUT2D eigenvalue weighted by molar-refractivity contribution is -0.00805. The summed E-state index contributed by atoms with van der Waals surface area (Å²) >= 11 is 0. The Hall–Kier alpha value is -1.81. The number of hydrogen-bond donors (Lipinski definition) is 1. The number of halogens is 1. The predicted octanol–water partition coefficient (Wildman–Crippen LogP) is 2.37. The van der Waals surface area contributed by atoms with Gasteiger partial charge in [0.05, 0.1) is 25.9 Å². The molecule has 2 aromatic rings. The van der Waals surface area contributed by atoms with Gasteiger partial charge in [-0.15, -0.1) is 24.0 Å². The molecule has 27 heavy (non-hydrogen) atoms. The van der Waals surface area contributed by atoms with Crippen molar-refractivity contribution in [3.8, 4) is 5.75 Å². The summed E-state index contributed by atoms with van der Waals surface area (Å²) in [6, 6.07) is 8.08. The summed E-state index contributed by atoms with van der Waals surface area (Å²) in [5.74, 6) is 1.75. The molecular weight excluding hydrogens is 457 g/mol. The maximum Gasteiger partial charge on any atom is 0.193 e. The number of nitrogens with zero attached hydrogens (tertiary/aromatic N) is 4. The van der Waals surface area contributed by atoms with Gasteiger partial charge in [0, 0.05) is 32.4 Å². The number of hydrogen-bond acceptors (Lipinski definition) is 4. The Morgan fingerprint density at radius 1 is 1.37 bits per heavy atom. The van der Waals surface area contributed by atoms with Crippen LogP contribution < -0.4 is 10.1 Å². The van der Waals surface area contributed by atoms with E-state index in [4.69, 9.17) is 9.47 Å². The van der Waals surface area contributed by atoms with Crippen LogP contribution in [0.3, 0.4) is 0 Å². The van der Waals surface area contributed by atoms with E-state index in [-0.39, 0.29) is 30.1 Å². The van der Waals surface area contributed by atoms with Crippen molar-refractivity contribution in [2.75, 3.05) is 39.9 Å².